The SMILES string of the molecule is Cc1noc(NC(=O)c2cccs2)c1C. The van der Waals surface area contributed by atoms with Gasteiger partial charge in [-0.1, -0.05) is 11.2 Å². The van der Waals surface area contributed by atoms with Crippen molar-refractivity contribution >= 4 is 23.1 Å². The largest absolute Gasteiger partial charge is 0.338 e. The summed E-state index contributed by atoms with van der Waals surface area (Å²) >= 11 is 1.39. The van der Waals surface area contributed by atoms with E-state index in [1.165, 1.54) is 11.3 Å². The summed E-state index contributed by atoms with van der Waals surface area (Å²) in [5.74, 6) is 0.259. The maximum Gasteiger partial charge on any atom is 0.268 e. The van der Waals surface area contributed by atoms with Crippen molar-refractivity contribution in [2.24, 2.45) is 0 Å². The van der Waals surface area contributed by atoms with E-state index in [4.69, 9.17) is 4.52 Å². The maximum atomic E-state index is 11.6. The monoisotopic (exact) mass is 222 g/mol. The van der Waals surface area contributed by atoms with Gasteiger partial charge in [0.25, 0.3) is 5.91 Å². The van der Waals surface area contributed by atoms with Crippen LogP contribution in [-0.4, -0.2) is 11.1 Å². The molecule has 5 heteroatoms. The topological polar surface area (TPSA) is 55.1 Å². The summed E-state index contributed by atoms with van der Waals surface area (Å²) in [6.45, 7) is 3.69. The van der Waals surface area contributed by atoms with Crippen LogP contribution in [0.4, 0.5) is 5.88 Å². The van der Waals surface area contributed by atoms with E-state index < -0.39 is 0 Å². The highest BCUT2D eigenvalue weighted by Gasteiger charge is 2.13. The van der Waals surface area contributed by atoms with Crippen LogP contribution in [-0.2, 0) is 0 Å². The maximum absolute atomic E-state index is 11.6. The molecule has 2 aromatic heterocycles. The first-order chi connectivity index (χ1) is 7.18. The zero-order valence-corrected chi connectivity index (χ0v) is 9.22. The summed E-state index contributed by atoms with van der Waals surface area (Å²) in [4.78, 5) is 12.3. The number of hydrogen-bond acceptors (Lipinski definition) is 4. The van der Waals surface area contributed by atoms with Gasteiger partial charge >= 0.3 is 0 Å². The molecular weight excluding hydrogens is 212 g/mol. The minimum Gasteiger partial charge on any atom is -0.338 e. The Morgan fingerprint density at radius 2 is 2.33 bits per heavy atom. The summed E-state index contributed by atoms with van der Waals surface area (Å²) in [6, 6.07) is 3.59. The van der Waals surface area contributed by atoms with Gasteiger partial charge in [-0.3, -0.25) is 10.1 Å². The molecule has 4 nitrogen and oxygen atoms in total. The molecule has 0 spiro atoms. The van der Waals surface area contributed by atoms with Crippen molar-refractivity contribution < 1.29 is 9.32 Å². The smallest absolute Gasteiger partial charge is 0.268 e. The van der Waals surface area contributed by atoms with Crippen LogP contribution in [0.25, 0.3) is 0 Å². The third-order valence-electron chi connectivity index (χ3n) is 2.13. The van der Waals surface area contributed by atoms with Crippen molar-refractivity contribution in [1.82, 2.24) is 5.16 Å². The van der Waals surface area contributed by atoms with Crippen LogP contribution < -0.4 is 5.32 Å². The van der Waals surface area contributed by atoms with Crippen LogP contribution in [0.3, 0.4) is 0 Å². The Balaban J connectivity index is 2.16. The predicted molar refractivity (Wildman–Crippen MR) is 58.2 cm³/mol. The van der Waals surface area contributed by atoms with E-state index in [1.807, 2.05) is 25.3 Å². The summed E-state index contributed by atoms with van der Waals surface area (Å²) in [5, 5.41) is 8.29. The molecule has 0 radical (unpaired) electrons. The Labute approximate surface area is 90.9 Å². The van der Waals surface area contributed by atoms with E-state index in [2.05, 4.69) is 10.5 Å². The van der Waals surface area contributed by atoms with E-state index in [9.17, 15) is 4.79 Å². The number of amides is 1. The molecule has 1 N–H and O–H groups in total. The number of anilines is 1. The van der Waals surface area contributed by atoms with Gasteiger partial charge in [0.15, 0.2) is 0 Å². The van der Waals surface area contributed by atoms with Crippen molar-refractivity contribution in [3.8, 4) is 0 Å². The number of aromatic nitrogens is 1. The Morgan fingerprint density at radius 1 is 1.53 bits per heavy atom. The molecular formula is C10H10N2O2S. The number of aryl methyl sites for hydroxylation is 1. The zero-order valence-electron chi connectivity index (χ0n) is 8.40. The third kappa shape index (κ3) is 1.92. The van der Waals surface area contributed by atoms with Gasteiger partial charge < -0.3 is 4.52 Å². The molecule has 0 aliphatic heterocycles. The first-order valence-corrected chi connectivity index (χ1v) is 5.34. The highest BCUT2D eigenvalue weighted by molar-refractivity contribution is 7.12. The van der Waals surface area contributed by atoms with E-state index >= 15 is 0 Å². The van der Waals surface area contributed by atoms with Crippen molar-refractivity contribution in [2.75, 3.05) is 5.32 Å². The van der Waals surface area contributed by atoms with Crippen LogP contribution in [0.15, 0.2) is 22.0 Å². The molecule has 1 amide bonds. The van der Waals surface area contributed by atoms with Crippen molar-refractivity contribution in [2.45, 2.75) is 13.8 Å². The van der Waals surface area contributed by atoms with Crippen LogP contribution in [0, 0.1) is 13.8 Å². The molecule has 0 atom stereocenters. The lowest BCUT2D eigenvalue weighted by atomic mass is 10.3. The molecule has 2 rings (SSSR count). The second-order valence-corrected chi connectivity index (χ2v) is 4.10. The Bertz CT molecular complexity index is 474. The second-order valence-electron chi connectivity index (χ2n) is 3.15. The number of nitrogens with one attached hydrogen (secondary N) is 1. The number of carbonyl (C=O) groups is 1. The van der Waals surface area contributed by atoms with Crippen LogP contribution in [0.1, 0.15) is 20.9 Å². The van der Waals surface area contributed by atoms with Crippen LogP contribution in [0.2, 0.25) is 0 Å². The fourth-order valence-corrected chi connectivity index (χ4v) is 1.72. The Hall–Kier alpha value is -1.62. The number of rotatable bonds is 2. The number of nitrogens with zero attached hydrogens (tertiary/aromatic N) is 1. The number of hydrogen-bond donors (Lipinski definition) is 1. The molecule has 0 aliphatic rings. The summed E-state index contributed by atoms with van der Waals surface area (Å²) in [7, 11) is 0. The van der Waals surface area contributed by atoms with Gasteiger partial charge in [-0.25, -0.2) is 0 Å². The predicted octanol–water partition coefficient (Wildman–Crippen LogP) is 2.61. The van der Waals surface area contributed by atoms with E-state index in [0.29, 0.717) is 10.8 Å². The van der Waals surface area contributed by atoms with Gasteiger partial charge in [-0.15, -0.1) is 11.3 Å². The number of carbonyl (C=O) groups excluding carboxylic acids is 1. The third-order valence-corrected chi connectivity index (χ3v) is 3.00. The molecule has 0 bridgehead atoms. The summed E-state index contributed by atoms with van der Waals surface area (Å²) in [5.41, 5.74) is 1.65. The van der Waals surface area contributed by atoms with Crippen molar-refractivity contribution in [1.29, 1.82) is 0 Å². The first-order valence-electron chi connectivity index (χ1n) is 4.46. The molecule has 78 valence electrons. The van der Waals surface area contributed by atoms with E-state index in [1.54, 1.807) is 6.07 Å². The molecule has 0 saturated heterocycles. The average molecular weight is 222 g/mol. The van der Waals surface area contributed by atoms with Crippen LogP contribution in [0.5, 0.6) is 0 Å². The van der Waals surface area contributed by atoms with Gasteiger partial charge in [0.05, 0.1) is 10.6 Å². The van der Waals surface area contributed by atoms with Crippen molar-refractivity contribution in [3.63, 3.8) is 0 Å². The standard InChI is InChI=1S/C10H10N2O2S/c1-6-7(2)12-14-10(6)11-9(13)8-4-3-5-15-8/h3-5H,1-2H3,(H,11,13). The normalized spacial score (nSPS) is 10.3. The van der Waals surface area contributed by atoms with E-state index in [-0.39, 0.29) is 5.91 Å². The zero-order chi connectivity index (χ0) is 10.8. The van der Waals surface area contributed by atoms with Crippen LogP contribution >= 0.6 is 11.3 Å². The Kier molecular flexibility index (Phi) is 2.55. The minimum absolute atomic E-state index is 0.163. The van der Waals surface area contributed by atoms with Gasteiger partial charge in [0.1, 0.15) is 0 Å². The fourth-order valence-electron chi connectivity index (χ4n) is 1.10. The fraction of sp³-hybridized carbons (Fsp3) is 0.200. The quantitative estimate of drug-likeness (QED) is 0.849. The lowest BCUT2D eigenvalue weighted by Crippen LogP contribution is -2.10. The molecule has 2 heterocycles. The first kappa shape index (κ1) is 9.92. The molecule has 0 fully saturated rings. The highest BCUT2D eigenvalue weighted by Crippen LogP contribution is 2.19. The second kappa shape index (κ2) is 3.86. The molecule has 15 heavy (non-hydrogen) atoms. The van der Waals surface area contributed by atoms with Gasteiger partial charge in [-0.2, -0.15) is 0 Å². The van der Waals surface area contributed by atoms with Gasteiger partial charge in [0, 0.05) is 5.56 Å². The molecule has 0 unspecified atom stereocenters. The van der Waals surface area contributed by atoms with E-state index in [0.717, 1.165) is 11.3 Å². The lowest BCUT2D eigenvalue weighted by molar-refractivity contribution is 0.102. The summed E-state index contributed by atoms with van der Waals surface area (Å²) < 4.78 is 4.99. The van der Waals surface area contributed by atoms with Crippen molar-refractivity contribution in [3.05, 3.63) is 33.6 Å². The van der Waals surface area contributed by atoms with Gasteiger partial charge in [0.2, 0.25) is 5.88 Å². The number of thiophene rings is 1. The molecule has 0 aromatic carbocycles. The Morgan fingerprint density at radius 3 is 2.87 bits per heavy atom. The average Bonchev–Trinajstić information content (AvgIpc) is 2.83. The summed E-state index contributed by atoms with van der Waals surface area (Å²) in [6.07, 6.45) is 0. The minimum atomic E-state index is -0.163. The molecule has 2 aromatic rings. The van der Waals surface area contributed by atoms with Gasteiger partial charge in [-0.05, 0) is 25.3 Å². The molecule has 0 saturated carbocycles. The highest BCUT2D eigenvalue weighted by atomic mass is 32.1. The molecule has 0 aliphatic carbocycles. The lowest BCUT2D eigenvalue weighted by Gasteiger charge is -1.98.